The quantitative estimate of drug-likeness (QED) is 0.188. The van der Waals surface area contributed by atoms with Gasteiger partial charge in [0.1, 0.15) is 37.7 Å². The van der Waals surface area contributed by atoms with Crippen LogP contribution in [0, 0.1) is 36.0 Å². The number of hydrogen-bond acceptors (Lipinski definition) is 8. The van der Waals surface area contributed by atoms with Crippen LogP contribution in [0.5, 0.6) is 5.75 Å². The summed E-state index contributed by atoms with van der Waals surface area (Å²) in [7, 11) is 0. The molecular weight excluding hydrogens is 653 g/mol. The third-order valence-electron chi connectivity index (χ3n) is 8.22. The predicted molar refractivity (Wildman–Crippen MR) is 194 cm³/mol. The standard InChI is InChI=1S/C39H46N4O6S/c1-26(2)29-15-17-32(18-16-29)49-20-10-8-7-9-19-48-24-34(45)42-36(39(4,5)6)38(47)43-23-31(44)21-33(43)37(46)40-22-28-11-13-30(14-12-28)35-27(3)41-25-50-35/h11-18,25-26,31,33,36,44H,19-24H2,1-6H3,(H,40,46)(H,42,45)/t31-,33+,36-/m1/s1. The molecule has 1 fully saturated rings. The number of hydrogen-bond donors (Lipinski definition) is 3. The Kier molecular flexibility index (Phi) is 13.6. The Morgan fingerprint density at radius 1 is 1.04 bits per heavy atom. The predicted octanol–water partition coefficient (Wildman–Crippen LogP) is 4.45. The number of ether oxygens (including phenoxy) is 2. The second-order valence-electron chi connectivity index (χ2n) is 13.6. The highest BCUT2D eigenvalue weighted by molar-refractivity contribution is 7.13. The molecule has 4 rings (SSSR count). The monoisotopic (exact) mass is 698 g/mol. The van der Waals surface area contributed by atoms with Crippen LogP contribution in [-0.4, -0.2) is 77.3 Å². The van der Waals surface area contributed by atoms with E-state index in [1.165, 1.54) is 10.5 Å². The minimum absolute atomic E-state index is 0.00908. The van der Waals surface area contributed by atoms with Gasteiger partial charge in [0.25, 0.3) is 0 Å². The van der Waals surface area contributed by atoms with Gasteiger partial charge in [-0.2, -0.15) is 0 Å². The summed E-state index contributed by atoms with van der Waals surface area (Å²) in [5.41, 5.74) is 5.28. The van der Waals surface area contributed by atoms with Gasteiger partial charge in [-0.1, -0.05) is 76.9 Å². The zero-order chi connectivity index (χ0) is 36.3. The van der Waals surface area contributed by atoms with Crippen LogP contribution < -0.4 is 15.4 Å². The van der Waals surface area contributed by atoms with E-state index in [4.69, 9.17) is 9.47 Å². The molecule has 50 heavy (non-hydrogen) atoms. The van der Waals surface area contributed by atoms with Gasteiger partial charge in [-0.25, -0.2) is 4.98 Å². The molecule has 11 heteroatoms. The lowest BCUT2D eigenvalue weighted by Crippen LogP contribution is -2.58. The van der Waals surface area contributed by atoms with E-state index >= 15 is 0 Å². The fourth-order valence-corrected chi connectivity index (χ4v) is 6.22. The first-order valence-corrected chi connectivity index (χ1v) is 17.5. The normalized spacial score (nSPS) is 16.1. The van der Waals surface area contributed by atoms with Crippen molar-refractivity contribution in [3.63, 3.8) is 0 Å². The molecule has 10 nitrogen and oxygen atoms in total. The van der Waals surface area contributed by atoms with E-state index in [-0.39, 0.29) is 45.2 Å². The van der Waals surface area contributed by atoms with Crippen molar-refractivity contribution in [3.05, 3.63) is 70.9 Å². The van der Waals surface area contributed by atoms with Crippen LogP contribution >= 0.6 is 11.3 Å². The van der Waals surface area contributed by atoms with Crippen molar-refractivity contribution < 1.29 is 29.0 Å². The van der Waals surface area contributed by atoms with Crippen LogP contribution in [-0.2, 0) is 25.7 Å². The Morgan fingerprint density at radius 2 is 1.72 bits per heavy atom. The molecule has 3 amide bonds. The zero-order valence-corrected chi connectivity index (χ0v) is 30.4. The van der Waals surface area contributed by atoms with E-state index in [2.05, 4.69) is 53.1 Å². The third-order valence-corrected chi connectivity index (χ3v) is 9.19. The first kappa shape index (κ1) is 38.1. The molecule has 3 atom stereocenters. The molecule has 2 heterocycles. The summed E-state index contributed by atoms with van der Waals surface area (Å²) in [6, 6.07) is 13.9. The van der Waals surface area contributed by atoms with E-state index in [1.54, 1.807) is 11.3 Å². The Hall–Kier alpha value is -4.68. The first-order chi connectivity index (χ1) is 23.8. The molecule has 2 aromatic carbocycles. The number of aromatic nitrogens is 1. The summed E-state index contributed by atoms with van der Waals surface area (Å²) < 4.78 is 11.0. The van der Waals surface area contributed by atoms with Crippen molar-refractivity contribution in [3.8, 4) is 39.9 Å². The maximum absolute atomic E-state index is 13.8. The number of carbonyl (C=O) groups excluding carboxylic acids is 3. The van der Waals surface area contributed by atoms with E-state index in [9.17, 15) is 19.5 Å². The van der Waals surface area contributed by atoms with Crippen LogP contribution in [0.2, 0.25) is 0 Å². The summed E-state index contributed by atoms with van der Waals surface area (Å²) in [6.45, 7) is 11.8. The van der Waals surface area contributed by atoms with Gasteiger partial charge < -0.3 is 30.1 Å². The molecule has 0 spiro atoms. The highest BCUT2D eigenvalue weighted by Gasteiger charge is 2.44. The van der Waals surface area contributed by atoms with Crippen molar-refractivity contribution in [1.82, 2.24) is 20.5 Å². The fraction of sp³-hybridized carbons (Fsp3) is 0.436. The minimum Gasteiger partial charge on any atom is -0.481 e. The molecule has 0 aliphatic carbocycles. The lowest BCUT2D eigenvalue weighted by atomic mass is 9.85. The van der Waals surface area contributed by atoms with Gasteiger partial charge in [-0.15, -0.1) is 11.3 Å². The van der Waals surface area contributed by atoms with Crippen LogP contribution in [0.3, 0.4) is 0 Å². The van der Waals surface area contributed by atoms with E-state index in [1.807, 2.05) is 81.7 Å². The van der Waals surface area contributed by atoms with Crippen LogP contribution in [0.15, 0.2) is 54.0 Å². The number of aliphatic hydroxyl groups excluding tert-OH is 1. The second-order valence-corrected chi connectivity index (χ2v) is 14.4. The lowest BCUT2D eigenvalue weighted by Gasteiger charge is -2.35. The van der Waals surface area contributed by atoms with Gasteiger partial charge >= 0.3 is 0 Å². The van der Waals surface area contributed by atoms with Crippen LogP contribution in [0.4, 0.5) is 0 Å². The van der Waals surface area contributed by atoms with Crippen molar-refractivity contribution in [2.75, 3.05) is 26.4 Å². The molecule has 1 saturated heterocycles. The maximum Gasteiger partial charge on any atom is 0.246 e. The number of nitrogens with one attached hydrogen (secondary N) is 2. The van der Waals surface area contributed by atoms with Gasteiger partial charge in [-0.05, 0) is 64.8 Å². The highest BCUT2D eigenvalue weighted by Crippen LogP contribution is 2.28. The Bertz CT molecular complexity index is 1740. The maximum atomic E-state index is 13.8. The van der Waals surface area contributed by atoms with Crippen molar-refractivity contribution in [2.45, 2.75) is 78.6 Å². The molecule has 264 valence electrons. The molecule has 0 unspecified atom stereocenters. The number of benzene rings is 2. The summed E-state index contributed by atoms with van der Waals surface area (Å²) >= 11 is 1.57. The zero-order valence-electron chi connectivity index (χ0n) is 29.5. The number of amides is 3. The summed E-state index contributed by atoms with van der Waals surface area (Å²) in [5.74, 6) is 10.8. The molecule has 0 radical (unpaired) electrons. The topological polar surface area (TPSA) is 130 Å². The summed E-state index contributed by atoms with van der Waals surface area (Å²) in [6.07, 6.45) is -0.755. The van der Waals surface area contributed by atoms with Crippen LogP contribution in [0.1, 0.15) is 63.8 Å². The molecular formula is C39H46N4O6S. The summed E-state index contributed by atoms with van der Waals surface area (Å²) in [5, 5.41) is 16.1. The number of likely N-dealkylation sites (tertiary alicyclic amines) is 1. The highest BCUT2D eigenvalue weighted by atomic mass is 32.1. The Balaban J connectivity index is 1.24. The number of rotatable bonds is 12. The van der Waals surface area contributed by atoms with E-state index < -0.39 is 35.4 Å². The number of thiazole rings is 1. The van der Waals surface area contributed by atoms with E-state index in [0.29, 0.717) is 5.92 Å². The molecule has 0 bridgehead atoms. The molecule has 3 aromatic rings. The van der Waals surface area contributed by atoms with Gasteiger partial charge in [-0.3, -0.25) is 14.4 Å². The molecule has 3 N–H and O–H groups in total. The van der Waals surface area contributed by atoms with Crippen LogP contribution in [0.25, 0.3) is 10.4 Å². The average Bonchev–Trinajstić information content (AvgIpc) is 3.70. The number of aliphatic hydroxyl groups is 1. The SMILES string of the molecule is Cc1ncsc1-c1ccc(CNC(=O)[C@@H]2C[C@@H](O)CN2C(=O)[C@@H](NC(=O)COCC#CC#CCOc2ccc(C(C)C)cc2)C(C)(C)C)cc1. The molecule has 1 aliphatic heterocycles. The Labute approximate surface area is 299 Å². The van der Waals surface area contributed by atoms with Crippen molar-refractivity contribution in [1.29, 1.82) is 0 Å². The molecule has 0 saturated carbocycles. The first-order valence-electron chi connectivity index (χ1n) is 16.6. The smallest absolute Gasteiger partial charge is 0.246 e. The fourth-order valence-electron chi connectivity index (χ4n) is 5.41. The lowest BCUT2D eigenvalue weighted by molar-refractivity contribution is -0.144. The van der Waals surface area contributed by atoms with Crippen molar-refractivity contribution >= 4 is 29.1 Å². The molecule has 1 aliphatic rings. The van der Waals surface area contributed by atoms with Gasteiger partial charge in [0, 0.05) is 19.5 Å². The third kappa shape index (κ3) is 10.9. The molecule has 1 aromatic heterocycles. The second kappa shape index (κ2) is 17.8. The van der Waals surface area contributed by atoms with Gasteiger partial charge in [0.2, 0.25) is 17.7 Å². The Morgan fingerprint density at radius 3 is 2.34 bits per heavy atom. The number of nitrogens with zero attached hydrogens (tertiary/aromatic N) is 2. The average molecular weight is 699 g/mol. The van der Waals surface area contributed by atoms with E-state index in [0.717, 1.165) is 27.4 Å². The minimum atomic E-state index is -0.958. The largest absolute Gasteiger partial charge is 0.481 e. The summed E-state index contributed by atoms with van der Waals surface area (Å²) in [4.78, 5) is 46.7. The number of carbonyl (C=O) groups is 3. The van der Waals surface area contributed by atoms with Gasteiger partial charge in [0.15, 0.2) is 0 Å². The van der Waals surface area contributed by atoms with Gasteiger partial charge in [0.05, 0.1) is 22.2 Å². The number of β-amino-alcohol motifs (C(OH)–C–C–N with tert-alkyl or cyclic N) is 1. The van der Waals surface area contributed by atoms with Crippen molar-refractivity contribution in [2.24, 2.45) is 5.41 Å². The number of aryl methyl sites for hydroxylation is 1.